The van der Waals surface area contributed by atoms with E-state index in [9.17, 15) is 4.79 Å². The fourth-order valence-corrected chi connectivity index (χ4v) is 3.05. The molecule has 1 heterocycles. The summed E-state index contributed by atoms with van der Waals surface area (Å²) in [4.78, 5) is 11.2. The van der Waals surface area contributed by atoms with Crippen molar-refractivity contribution < 1.29 is 9.53 Å². The average Bonchev–Trinajstić information content (AvgIpc) is 2.79. The van der Waals surface area contributed by atoms with E-state index in [2.05, 4.69) is 17.0 Å². The summed E-state index contributed by atoms with van der Waals surface area (Å²) in [6.45, 7) is 3.34. The van der Waals surface area contributed by atoms with Crippen LogP contribution < -0.4 is 5.73 Å². The molecule has 1 aromatic heterocycles. The molecule has 0 amide bonds. The molecule has 1 aromatic rings. The van der Waals surface area contributed by atoms with Gasteiger partial charge >= 0.3 is 5.97 Å². The molecule has 1 aliphatic carbocycles. The van der Waals surface area contributed by atoms with Crippen LogP contribution in [-0.2, 0) is 22.5 Å². The average molecular weight is 292 g/mol. The second kappa shape index (κ2) is 8.23. The Hall–Kier alpha value is -1.29. The molecule has 1 unspecified atom stereocenters. The standard InChI is InChI=1S/C17H28N2O2/c1-2-21-17(20)10-4-3-7-11-19-12-14-8-5-6-9-16(18)15(14)13-19/h12-13,16H,2-11,18H2,1H3. The Morgan fingerprint density at radius 1 is 1.33 bits per heavy atom. The van der Waals surface area contributed by atoms with Crippen molar-refractivity contribution in [3.63, 3.8) is 0 Å². The zero-order chi connectivity index (χ0) is 15.1. The van der Waals surface area contributed by atoms with Crippen LogP contribution in [0.1, 0.15) is 69.0 Å². The number of carbonyl (C=O) groups is 1. The van der Waals surface area contributed by atoms with E-state index in [1.54, 1.807) is 0 Å². The first-order chi connectivity index (χ1) is 10.2. The molecular formula is C17H28N2O2. The van der Waals surface area contributed by atoms with E-state index in [1.807, 2.05) is 6.92 Å². The summed E-state index contributed by atoms with van der Waals surface area (Å²) < 4.78 is 7.21. The maximum atomic E-state index is 11.2. The summed E-state index contributed by atoms with van der Waals surface area (Å²) in [6, 6.07) is 0.215. The molecule has 0 radical (unpaired) electrons. The van der Waals surface area contributed by atoms with Crippen LogP contribution >= 0.6 is 0 Å². The predicted octanol–water partition coefficient (Wildman–Crippen LogP) is 3.34. The number of aryl methyl sites for hydroxylation is 2. The van der Waals surface area contributed by atoms with Gasteiger partial charge in [0.25, 0.3) is 0 Å². The van der Waals surface area contributed by atoms with Gasteiger partial charge in [-0.1, -0.05) is 12.8 Å². The molecule has 1 atom stereocenters. The van der Waals surface area contributed by atoms with Crippen LogP contribution in [0.3, 0.4) is 0 Å². The van der Waals surface area contributed by atoms with Crippen LogP contribution in [-0.4, -0.2) is 17.1 Å². The normalized spacial score (nSPS) is 18.1. The molecule has 2 rings (SSSR count). The van der Waals surface area contributed by atoms with Gasteiger partial charge in [-0.05, 0) is 50.2 Å². The Labute approximate surface area is 127 Å². The molecule has 4 nitrogen and oxygen atoms in total. The van der Waals surface area contributed by atoms with Gasteiger partial charge in [-0.15, -0.1) is 0 Å². The van der Waals surface area contributed by atoms with Gasteiger partial charge in [0, 0.05) is 31.4 Å². The molecule has 0 spiro atoms. The summed E-state index contributed by atoms with van der Waals surface area (Å²) in [6.07, 6.45) is 12.9. The van der Waals surface area contributed by atoms with Gasteiger partial charge in [0.1, 0.15) is 0 Å². The monoisotopic (exact) mass is 292 g/mol. The van der Waals surface area contributed by atoms with Crippen LogP contribution in [0.5, 0.6) is 0 Å². The number of hydrogen-bond donors (Lipinski definition) is 1. The first kappa shape index (κ1) is 16.1. The lowest BCUT2D eigenvalue weighted by molar-refractivity contribution is -0.143. The summed E-state index contributed by atoms with van der Waals surface area (Å²) in [5, 5.41) is 0. The Morgan fingerprint density at radius 3 is 3.00 bits per heavy atom. The molecule has 0 aromatic carbocycles. The maximum Gasteiger partial charge on any atom is 0.305 e. The van der Waals surface area contributed by atoms with Crippen molar-refractivity contribution in [3.8, 4) is 0 Å². The Bertz CT molecular complexity index is 454. The van der Waals surface area contributed by atoms with Crippen LogP contribution in [0.2, 0.25) is 0 Å². The number of ether oxygens (including phenoxy) is 1. The van der Waals surface area contributed by atoms with Crippen LogP contribution in [0, 0.1) is 0 Å². The topological polar surface area (TPSA) is 57.2 Å². The Balaban J connectivity index is 1.72. The van der Waals surface area contributed by atoms with Gasteiger partial charge < -0.3 is 15.0 Å². The van der Waals surface area contributed by atoms with Gasteiger partial charge in [0.05, 0.1) is 6.61 Å². The van der Waals surface area contributed by atoms with Gasteiger partial charge in [-0.3, -0.25) is 4.79 Å². The SMILES string of the molecule is CCOC(=O)CCCCCn1cc2c(c1)C(N)CCCC2. The minimum absolute atomic E-state index is 0.0730. The Kier molecular flexibility index (Phi) is 6.30. The quantitative estimate of drug-likeness (QED) is 0.476. The first-order valence-electron chi connectivity index (χ1n) is 8.30. The van der Waals surface area contributed by atoms with Crippen molar-refractivity contribution in [2.24, 2.45) is 5.73 Å². The fourth-order valence-electron chi connectivity index (χ4n) is 3.05. The maximum absolute atomic E-state index is 11.2. The minimum atomic E-state index is -0.0730. The predicted molar refractivity (Wildman–Crippen MR) is 84.0 cm³/mol. The number of rotatable bonds is 7. The van der Waals surface area contributed by atoms with Crippen molar-refractivity contribution in [2.45, 2.75) is 70.9 Å². The molecule has 0 bridgehead atoms. The number of fused-ring (bicyclic) bond motifs is 1. The number of unbranched alkanes of at least 4 members (excludes halogenated alkanes) is 2. The molecule has 2 N–H and O–H groups in total. The Morgan fingerprint density at radius 2 is 2.19 bits per heavy atom. The largest absolute Gasteiger partial charge is 0.466 e. The van der Waals surface area contributed by atoms with Gasteiger partial charge in [0.2, 0.25) is 0 Å². The second-order valence-electron chi connectivity index (χ2n) is 5.94. The van der Waals surface area contributed by atoms with Crippen molar-refractivity contribution in [3.05, 3.63) is 23.5 Å². The lowest BCUT2D eigenvalue weighted by Gasteiger charge is -2.07. The van der Waals surface area contributed by atoms with E-state index in [0.29, 0.717) is 13.0 Å². The van der Waals surface area contributed by atoms with Gasteiger partial charge in [-0.25, -0.2) is 0 Å². The van der Waals surface area contributed by atoms with E-state index in [-0.39, 0.29) is 12.0 Å². The van der Waals surface area contributed by atoms with E-state index in [4.69, 9.17) is 10.5 Å². The highest BCUT2D eigenvalue weighted by atomic mass is 16.5. The third-order valence-electron chi connectivity index (χ3n) is 4.21. The van der Waals surface area contributed by atoms with Crippen LogP contribution in [0.15, 0.2) is 12.4 Å². The number of aromatic nitrogens is 1. The highest BCUT2D eigenvalue weighted by Gasteiger charge is 2.17. The van der Waals surface area contributed by atoms with Crippen LogP contribution in [0.25, 0.3) is 0 Å². The number of carbonyl (C=O) groups excluding carboxylic acids is 1. The first-order valence-corrected chi connectivity index (χ1v) is 8.30. The molecule has 4 heteroatoms. The fraction of sp³-hybridized carbons (Fsp3) is 0.706. The number of esters is 1. The van der Waals surface area contributed by atoms with Crippen molar-refractivity contribution >= 4 is 5.97 Å². The molecule has 0 aliphatic heterocycles. The van der Waals surface area contributed by atoms with E-state index < -0.39 is 0 Å². The van der Waals surface area contributed by atoms with E-state index in [0.717, 1.165) is 32.2 Å². The lowest BCUT2D eigenvalue weighted by atomic mass is 10.1. The third-order valence-corrected chi connectivity index (χ3v) is 4.21. The molecule has 21 heavy (non-hydrogen) atoms. The number of hydrogen-bond acceptors (Lipinski definition) is 3. The van der Waals surface area contributed by atoms with Gasteiger partial charge in [0.15, 0.2) is 0 Å². The second-order valence-corrected chi connectivity index (χ2v) is 5.94. The summed E-state index contributed by atoms with van der Waals surface area (Å²) >= 11 is 0. The zero-order valence-corrected chi connectivity index (χ0v) is 13.1. The van der Waals surface area contributed by atoms with E-state index in [1.165, 1.54) is 30.4 Å². The van der Waals surface area contributed by atoms with Crippen LogP contribution in [0.4, 0.5) is 0 Å². The molecule has 0 fully saturated rings. The van der Waals surface area contributed by atoms with Gasteiger partial charge in [-0.2, -0.15) is 0 Å². The smallest absolute Gasteiger partial charge is 0.305 e. The lowest BCUT2D eigenvalue weighted by Crippen LogP contribution is -2.09. The van der Waals surface area contributed by atoms with Crippen molar-refractivity contribution in [2.75, 3.05) is 6.61 Å². The molecule has 118 valence electrons. The number of nitrogens with two attached hydrogens (primary N) is 1. The zero-order valence-electron chi connectivity index (χ0n) is 13.1. The minimum Gasteiger partial charge on any atom is -0.466 e. The summed E-state index contributed by atoms with van der Waals surface area (Å²) in [5.41, 5.74) is 9.02. The van der Waals surface area contributed by atoms with E-state index >= 15 is 0 Å². The molecule has 1 aliphatic rings. The summed E-state index contributed by atoms with van der Waals surface area (Å²) in [5.74, 6) is -0.0730. The molecule has 0 saturated heterocycles. The highest BCUT2D eigenvalue weighted by Crippen LogP contribution is 2.27. The molecular weight excluding hydrogens is 264 g/mol. The summed E-state index contributed by atoms with van der Waals surface area (Å²) in [7, 11) is 0. The highest BCUT2D eigenvalue weighted by molar-refractivity contribution is 5.69. The van der Waals surface area contributed by atoms with Crippen molar-refractivity contribution in [1.82, 2.24) is 4.57 Å². The molecule has 0 saturated carbocycles. The van der Waals surface area contributed by atoms with Crippen molar-refractivity contribution in [1.29, 1.82) is 0 Å². The third kappa shape index (κ3) is 4.88. The number of nitrogens with zero attached hydrogens (tertiary/aromatic N) is 1.